The summed E-state index contributed by atoms with van der Waals surface area (Å²) in [6, 6.07) is 6.11. The maximum absolute atomic E-state index is 11.4. The molecule has 0 unspecified atom stereocenters. The van der Waals surface area contributed by atoms with Gasteiger partial charge in [-0.25, -0.2) is 4.98 Å². The van der Waals surface area contributed by atoms with Crippen LogP contribution in [0.3, 0.4) is 0 Å². The van der Waals surface area contributed by atoms with Crippen LogP contribution in [0.15, 0.2) is 24.5 Å². The smallest absolute Gasteiger partial charge is 0.130 e. The van der Waals surface area contributed by atoms with Gasteiger partial charge >= 0.3 is 0 Å². The van der Waals surface area contributed by atoms with Crippen molar-refractivity contribution in [1.29, 1.82) is 0 Å². The third kappa shape index (κ3) is 1.65. The highest BCUT2D eigenvalue weighted by Gasteiger charge is 2.41. The molecular formula is C13H14N2O2. The van der Waals surface area contributed by atoms with Gasteiger partial charge in [0.2, 0.25) is 0 Å². The van der Waals surface area contributed by atoms with Crippen LogP contribution < -0.4 is 0 Å². The zero-order valence-electron chi connectivity index (χ0n) is 9.69. The Morgan fingerprint density at radius 3 is 3.00 bits per heavy atom. The molecule has 0 bridgehead atoms. The summed E-state index contributed by atoms with van der Waals surface area (Å²) in [7, 11) is 0. The van der Waals surface area contributed by atoms with E-state index in [0.717, 1.165) is 16.6 Å². The molecule has 1 aromatic carbocycles. The van der Waals surface area contributed by atoms with E-state index in [1.165, 1.54) is 0 Å². The highest BCUT2D eigenvalue weighted by Crippen LogP contribution is 2.36. The van der Waals surface area contributed by atoms with Crippen LogP contribution in [-0.4, -0.2) is 29.0 Å². The molecule has 1 aliphatic heterocycles. The number of ether oxygens (including phenoxy) is 1. The second kappa shape index (κ2) is 3.67. The van der Waals surface area contributed by atoms with Crippen LogP contribution in [0.25, 0.3) is 11.0 Å². The number of nitrogens with one attached hydrogen (secondary N) is 1. The number of carbonyl (C=O) groups is 1. The molecule has 88 valence electrons. The first-order chi connectivity index (χ1) is 8.20. The van der Waals surface area contributed by atoms with E-state index in [1.54, 1.807) is 13.3 Å². The number of hydrogen-bond acceptors (Lipinski definition) is 3. The molecule has 1 aromatic heterocycles. The second-order valence-electron chi connectivity index (χ2n) is 4.79. The highest BCUT2D eigenvalue weighted by molar-refractivity contribution is 5.79. The van der Waals surface area contributed by atoms with Crippen LogP contribution in [-0.2, 0) is 14.9 Å². The predicted molar refractivity (Wildman–Crippen MR) is 63.9 cm³/mol. The Kier molecular flexibility index (Phi) is 2.26. The number of Topliss-reactive ketones (excluding diaryl/α,β-unsaturated/α-hetero) is 1. The van der Waals surface area contributed by atoms with E-state index in [1.807, 2.05) is 6.07 Å². The highest BCUT2D eigenvalue weighted by atomic mass is 16.5. The van der Waals surface area contributed by atoms with Gasteiger partial charge in [-0.3, -0.25) is 4.79 Å². The molecule has 1 aliphatic rings. The lowest BCUT2D eigenvalue weighted by atomic mass is 9.75. The number of fused-ring (bicyclic) bond motifs is 1. The van der Waals surface area contributed by atoms with Crippen LogP contribution in [0.5, 0.6) is 0 Å². The Morgan fingerprint density at radius 2 is 2.35 bits per heavy atom. The van der Waals surface area contributed by atoms with Crippen LogP contribution in [0, 0.1) is 0 Å². The molecule has 0 saturated carbocycles. The average Bonchev–Trinajstić information content (AvgIpc) is 2.69. The van der Waals surface area contributed by atoms with E-state index in [0.29, 0.717) is 19.6 Å². The van der Waals surface area contributed by atoms with Crippen molar-refractivity contribution in [3.63, 3.8) is 0 Å². The first kappa shape index (κ1) is 10.5. The number of carbonyl (C=O) groups excluding carboxylic acids is 1. The van der Waals surface area contributed by atoms with E-state index in [-0.39, 0.29) is 11.2 Å². The van der Waals surface area contributed by atoms with Gasteiger partial charge in [-0.1, -0.05) is 6.07 Å². The Labute approximate surface area is 99.0 Å². The van der Waals surface area contributed by atoms with Crippen molar-refractivity contribution < 1.29 is 9.53 Å². The molecule has 0 spiro atoms. The molecule has 17 heavy (non-hydrogen) atoms. The van der Waals surface area contributed by atoms with E-state index in [4.69, 9.17) is 4.74 Å². The van der Waals surface area contributed by atoms with Gasteiger partial charge in [-0.05, 0) is 24.6 Å². The molecular weight excluding hydrogens is 216 g/mol. The SMILES string of the molecule is CC(=O)CC1(c2ccc3nc[nH]c3c2)COC1. The van der Waals surface area contributed by atoms with Crippen molar-refractivity contribution in [3.05, 3.63) is 30.1 Å². The van der Waals surface area contributed by atoms with Crippen molar-refractivity contribution in [2.24, 2.45) is 0 Å². The summed E-state index contributed by atoms with van der Waals surface area (Å²) in [4.78, 5) is 18.7. The van der Waals surface area contributed by atoms with Crippen LogP contribution in [0.1, 0.15) is 18.9 Å². The topological polar surface area (TPSA) is 55.0 Å². The third-order valence-electron chi connectivity index (χ3n) is 3.38. The Morgan fingerprint density at radius 1 is 1.53 bits per heavy atom. The Balaban J connectivity index is 2.03. The van der Waals surface area contributed by atoms with E-state index in [9.17, 15) is 4.79 Å². The predicted octanol–water partition coefficient (Wildman–Crippen LogP) is 1.81. The fourth-order valence-corrected chi connectivity index (χ4v) is 2.46. The van der Waals surface area contributed by atoms with Crippen LogP contribution in [0.4, 0.5) is 0 Å². The zero-order valence-corrected chi connectivity index (χ0v) is 9.69. The number of H-pyrrole nitrogens is 1. The fourth-order valence-electron chi connectivity index (χ4n) is 2.46. The summed E-state index contributed by atoms with van der Waals surface area (Å²) in [5.41, 5.74) is 3.01. The van der Waals surface area contributed by atoms with Gasteiger partial charge < -0.3 is 9.72 Å². The van der Waals surface area contributed by atoms with Crippen molar-refractivity contribution in [2.75, 3.05) is 13.2 Å². The summed E-state index contributed by atoms with van der Waals surface area (Å²) in [5, 5.41) is 0. The monoisotopic (exact) mass is 230 g/mol. The lowest BCUT2D eigenvalue weighted by molar-refractivity contribution is -0.125. The number of nitrogens with zero attached hydrogens (tertiary/aromatic N) is 1. The molecule has 1 fully saturated rings. The quantitative estimate of drug-likeness (QED) is 0.874. The van der Waals surface area contributed by atoms with Gasteiger partial charge in [0.1, 0.15) is 5.78 Å². The molecule has 3 rings (SSSR count). The largest absolute Gasteiger partial charge is 0.379 e. The number of benzene rings is 1. The van der Waals surface area contributed by atoms with E-state index in [2.05, 4.69) is 22.1 Å². The lowest BCUT2D eigenvalue weighted by Gasteiger charge is -2.41. The average molecular weight is 230 g/mol. The van der Waals surface area contributed by atoms with Crippen molar-refractivity contribution >= 4 is 16.8 Å². The molecule has 2 aromatic rings. The Bertz CT molecular complexity index is 570. The molecule has 0 aliphatic carbocycles. The minimum Gasteiger partial charge on any atom is -0.379 e. The maximum atomic E-state index is 11.4. The summed E-state index contributed by atoms with van der Waals surface area (Å²) in [5.74, 6) is 0.206. The molecule has 1 N–H and O–H groups in total. The van der Waals surface area contributed by atoms with E-state index >= 15 is 0 Å². The third-order valence-corrected chi connectivity index (χ3v) is 3.38. The fraction of sp³-hybridized carbons (Fsp3) is 0.385. The normalized spacial score (nSPS) is 17.9. The summed E-state index contributed by atoms with van der Waals surface area (Å²) < 4.78 is 5.31. The summed E-state index contributed by atoms with van der Waals surface area (Å²) in [6.45, 7) is 2.90. The van der Waals surface area contributed by atoms with Gasteiger partial charge in [-0.15, -0.1) is 0 Å². The minimum absolute atomic E-state index is 0.120. The lowest BCUT2D eigenvalue weighted by Crippen LogP contribution is -2.47. The van der Waals surface area contributed by atoms with Gasteiger partial charge in [0.05, 0.1) is 30.6 Å². The maximum Gasteiger partial charge on any atom is 0.130 e. The first-order valence-corrected chi connectivity index (χ1v) is 5.70. The molecule has 1 saturated heterocycles. The molecule has 0 amide bonds. The van der Waals surface area contributed by atoms with Crippen molar-refractivity contribution in [2.45, 2.75) is 18.8 Å². The number of hydrogen-bond donors (Lipinski definition) is 1. The Hall–Kier alpha value is -1.68. The van der Waals surface area contributed by atoms with Gasteiger partial charge in [0.25, 0.3) is 0 Å². The van der Waals surface area contributed by atoms with Crippen molar-refractivity contribution in [1.82, 2.24) is 9.97 Å². The number of aromatic amines is 1. The van der Waals surface area contributed by atoms with Crippen LogP contribution >= 0.6 is 0 Å². The molecule has 0 radical (unpaired) electrons. The number of ketones is 1. The summed E-state index contributed by atoms with van der Waals surface area (Å²) in [6.07, 6.45) is 2.23. The first-order valence-electron chi connectivity index (χ1n) is 5.70. The molecule has 4 nitrogen and oxygen atoms in total. The second-order valence-corrected chi connectivity index (χ2v) is 4.79. The minimum atomic E-state index is -0.120. The molecule has 4 heteroatoms. The summed E-state index contributed by atoms with van der Waals surface area (Å²) >= 11 is 0. The van der Waals surface area contributed by atoms with Crippen LogP contribution in [0.2, 0.25) is 0 Å². The number of imidazole rings is 1. The van der Waals surface area contributed by atoms with E-state index < -0.39 is 0 Å². The standard InChI is InChI=1S/C13H14N2O2/c1-9(16)5-13(6-17-7-13)10-2-3-11-12(4-10)15-8-14-11/h2-4,8H,5-7H2,1H3,(H,14,15). The van der Waals surface area contributed by atoms with Crippen molar-refractivity contribution in [3.8, 4) is 0 Å². The zero-order chi connectivity index (χ0) is 11.9. The molecule has 0 atom stereocenters. The van der Waals surface area contributed by atoms with Gasteiger partial charge in [0, 0.05) is 11.8 Å². The van der Waals surface area contributed by atoms with Gasteiger partial charge in [0.15, 0.2) is 0 Å². The molecule has 2 heterocycles. The number of aromatic nitrogens is 2. The van der Waals surface area contributed by atoms with Gasteiger partial charge in [-0.2, -0.15) is 0 Å². The number of rotatable bonds is 3.